The van der Waals surface area contributed by atoms with Crippen LogP contribution in [-0.4, -0.2) is 22.4 Å². The number of benzene rings is 1. The zero-order valence-electron chi connectivity index (χ0n) is 14.8. The molecule has 1 aliphatic rings. The van der Waals surface area contributed by atoms with Crippen molar-refractivity contribution < 1.29 is 4.79 Å². The topological polar surface area (TPSA) is 76.0 Å². The molecular weight excluding hydrogens is 316 g/mol. The van der Waals surface area contributed by atoms with Gasteiger partial charge in [-0.3, -0.25) is 4.79 Å². The summed E-state index contributed by atoms with van der Waals surface area (Å²) < 4.78 is 1.45. The lowest BCUT2D eigenvalue weighted by Gasteiger charge is -2.16. The molecule has 2 amide bonds. The van der Waals surface area contributed by atoms with Gasteiger partial charge in [0.15, 0.2) is 0 Å². The molecule has 0 atom stereocenters. The smallest absolute Gasteiger partial charge is 0.319 e. The second kappa shape index (κ2) is 7.51. The van der Waals surface area contributed by atoms with Gasteiger partial charge < -0.3 is 10.6 Å². The van der Waals surface area contributed by atoms with Crippen molar-refractivity contribution in [2.24, 2.45) is 0 Å². The van der Waals surface area contributed by atoms with Gasteiger partial charge in [0, 0.05) is 18.3 Å². The van der Waals surface area contributed by atoms with E-state index in [0.29, 0.717) is 13.1 Å². The molecule has 0 saturated heterocycles. The Balaban J connectivity index is 1.55. The first-order valence-corrected chi connectivity index (χ1v) is 8.74. The van der Waals surface area contributed by atoms with Gasteiger partial charge in [-0.2, -0.15) is 5.10 Å². The number of fused-ring (bicyclic) bond motifs is 1. The standard InChI is InChI=1S/C19H24N4O2/c1-13-9-14(2)11-16(10-13)21-19(25)20-7-8-23-18(24)12-15-5-3-4-6-17(15)22-23/h9-12H,3-8H2,1-2H3,(H2,20,21,25). The Morgan fingerprint density at radius 2 is 1.84 bits per heavy atom. The van der Waals surface area contributed by atoms with Crippen LogP contribution in [0.25, 0.3) is 0 Å². The van der Waals surface area contributed by atoms with E-state index in [0.717, 1.165) is 53.8 Å². The first-order valence-electron chi connectivity index (χ1n) is 8.74. The number of aryl methyl sites for hydroxylation is 4. The Bertz CT molecular complexity index is 822. The van der Waals surface area contributed by atoms with Gasteiger partial charge in [-0.15, -0.1) is 0 Å². The lowest BCUT2D eigenvalue weighted by molar-refractivity contribution is 0.251. The van der Waals surface area contributed by atoms with Crippen molar-refractivity contribution in [3.63, 3.8) is 0 Å². The average Bonchev–Trinajstić information content (AvgIpc) is 2.54. The van der Waals surface area contributed by atoms with Crippen molar-refractivity contribution in [3.05, 3.63) is 57.0 Å². The van der Waals surface area contributed by atoms with Crippen LogP contribution in [0, 0.1) is 13.8 Å². The largest absolute Gasteiger partial charge is 0.336 e. The molecule has 0 unspecified atom stereocenters. The minimum absolute atomic E-state index is 0.0998. The molecule has 132 valence electrons. The summed E-state index contributed by atoms with van der Waals surface area (Å²) in [6.07, 6.45) is 4.11. The Labute approximate surface area is 147 Å². The van der Waals surface area contributed by atoms with Gasteiger partial charge in [0.05, 0.1) is 12.2 Å². The Hall–Kier alpha value is -2.63. The van der Waals surface area contributed by atoms with Crippen LogP contribution in [0.1, 0.15) is 35.2 Å². The molecule has 1 aromatic carbocycles. The monoisotopic (exact) mass is 340 g/mol. The zero-order valence-corrected chi connectivity index (χ0v) is 14.8. The zero-order chi connectivity index (χ0) is 17.8. The first-order chi connectivity index (χ1) is 12.0. The maximum Gasteiger partial charge on any atom is 0.319 e. The van der Waals surface area contributed by atoms with Crippen LogP contribution in [-0.2, 0) is 19.4 Å². The number of hydrogen-bond acceptors (Lipinski definition) is 3. The summed E-state index contributed by atoms with van der Waals surface area (Å²) in [6.45, 7) is 4.70. The highest BCUT2D eigenvalue weighted by molar-refractivity contribution is 5.89. The van der Waals surface area contributed by atoms with Gasteiger partial charge >= 0.3 is 6.03 Å². The molecule has 0 spiro atoms. The molecule has 3 rings (SSSR count). The van der Waals surface area contributed by atoms with E-state index in [4.69, 9.17) is 0 Å². The third-order valence-corrected chi connectivity index (χ3v) is 4.36. The van der Waals surface area contributed by atoms with Gasteiger partial charge in [0.25, 0.3) is 5.56 Å². The number of nitrogens with one attached hydrogen (secondary N) is 2. The second-order valence-electron chi connectivity index (χ2n) is 6.64. The number of urea groups is 1. The molecule has 0 saturated carbocycles. The van der Waals surface area contributed by atoms with Crippen LogP contribution in [0.5, 0.6) is 0 Å². The highest BCUT2D eigenvalue weighted by atomic mass is 16.2. The quantitative estimate of drug-likeness (QED) is 0.898. The van der Waals surface area contributed by atoms with Crippen molar-refractivity contribution in [3.8, 4) is 0 Å². The lowest BCUT2D eigenvalue weighted by atomic mass is 9.97. The highest BCUT2D eigenvalue weighted by Gasteiger charge is 2.13. The Kier molecular flexibility index (Phi) is 5.16. The molecular formula is C19H24N4O2. The van der Waals surface area contributed by atoms with Crippen LogP contribution in [0.4, 0.5) is 10.5 Å². The van der Waals surface area contributed by atoms with Gasteiger partial charge in [-0.05, 0) is 68.4 Å². The Morgan fingerprint density at radius 1 is 1.12 bits per heavy atom. The van der Waals surface area contributed by atoms with Crippen LogP contribution in [0.2, 0.25) is 0 Å². The number of rotatable bonds is 4. The van der Waals surface area contributed by atoms with E-state index in [1.807, 2.05) is 26.0 Å². The van der Waals surface area contributed by atoms with Crippen molar-refractivity contribution in [2.45, 2.75) is 46.1 Å². The molecule has 1 heterocycles. The maximum atomic E-state index is 12.1. The van der Waals surface area contributed by atoms with Gasteiger partial charge in [-0.1, -0.05) is 6.07 Å². The number of aromatic nitrogens is 2. The average molecular weight is 340 g/mol. The molecule has 2 aromatic rings. The van der Waals surface area contributed by atoms with E-state index in [-0.39, 0.29) is 11.6 Å². The second-order valence-corrected chi connectivity index (χ2v) is 6.64. The minimum Gasteiger partial charge on any atom is -0.336 e. The fourth-order valence-electron chi connectivity index (χ4n) is 3.26. The fourth-order valence-corrected chi connectivity index (χ4v) is 3.26. The lowest BCUT2D eigenvalue weighted by Crippen LogP contribution is -2.35. The molecule has 0 aliphatic heterocycles. The van der Waals surface area contributed by atoms with Gasteiger partial charge in [-0.25, -0.2) is 9.48 Å². The van der Waals surface area contributed by atoms with E-state index in [2.05, 4.69) is 21.8 Å². The number of nitrogens with zero attached hydrogens (tertiary/aromatic N) is 2. The normalized spacial score (nSPS) is 13.2. The summed E-state index contributed by atoms with van der Waals surface area (Å²) in [5.41, 5.74) is 4.95. The van der Waals surface area contributed by atoms with Crippen LogP contribution in [0.15, 0.2) is 29.1 Å². The minimum atomic E-state index is -0.281. The van der Waals surface area contributed by atoms with Gasteiger partial charge in [0.2, 0.25) is 0 Å². The molecule has 2 N–H and O–H groups in total. The molecule has 0 radical (unpaired) electrons. The van der Waals surface area contributed by atoms with E-state index < -0.39 is 0 Å². The van der Waals surface area contributed by atoms with E-state index >= 15 is 0 Å². The third kappa shape index (κ3) is 4.47. The number of anilines is 1. The van der Waals surface area contributed by atoms with Crippen molar-refractivity contribution >= 4 is 11.7 Å². The number of amides is 2. The SMILES string of the molecule is Cc1cc(C)cc(NC(=O)NCCn2nc3c(cc2=O)CCCC3)c1. The molecule has 6 heteroatoms. The first kappa shape index (κ1) is 17.2. The summed E-state index contributed by atoms with van der Waals surface area (Å²) in [5.74, 6) is 0. The Morgan fingerprint density at radius 3 is 2.60 bits per heavy atom. The summed E-state index contributed by atoms with van der Waals surface area (Å²) in [4.78, 5) is 24.1. The van der Waals surface area contributed by atoms with E-state index in [9.17, 15) is 9.59 Å². The molecule has 1 aliphatic carbocycles. The van der Waals surface area contributed by atoms with E-state index in [1.54, 1.807) is 6.07 Å². The fraction of sp³-hybridized carbons (Fsp3) is 0.421. The van der Waals surface area contributed by atoms with Crippen LogP contribution in [0.3, 0.4) is 0 Å². The summed E-state index contributed by atoms with van der Waals surface area (Å²) in [5, 5.41) is 10.0. The van der Waals surface area contributed by atoms with Crippen molar-refractivity contribution in [1.29, 1.82) is 0 Å². The molecule has 6 nitrogen and oxygen atoms in total. The third-order valence-electron chi connectivity index (χ3n) is 4.36. The van der Waals surface area contributed by atoms with Crippen LogP contribution < -0.4 is 16.2 Å². The highest BCUT2D eigenvalue weighted by Crippen LogP contribution is 2.16. The molecule has 0 fully saturated rings. The predicted molar refractivity (Wildman–Crippen MR) is 98.1 cm³/mol. The summed E-state index contributed by atoms with van der Waals surface area (Å²) in [6, 6.07) is 7.30. The number of carbonyl (C=O) groups is 1. The molecule has 0 bridgehead atoms. The van der Waals surface area contributed by atoms with E-state index in [1.165, 1.54) is 4.68 Å². The number of hydrogen-bond donors (Lipinski definition) is 2. The van der Waals surface area contributed by atoms with Crippen molar-refractivity contribution in [1.82, 2.24) is 15.1 Å². The summed E-state index contributed by atoms with van der Waals surface area (Å²) >= 11 is 0. The molecule has 1 aromatic heterocycles. The maximum absolute atomic E-state index is 12.1. The van der Waals surface area contributed by atoms with Crippen molar-refractivity contribution in [2.75, 3.05) is 11.9 Å². The molecule has 25 heavy (non-hydrogen) atoms. The van der Waals surface area contributed by atoms with Crippen LogP contribution >= 0.6 is 0 Å². The van der Waals surface area contributed by atoms with Gasteiger partial charge in [0.1, 0.15) is 0 Å². The predicted octanol–water partition coefficient (Wildman–Crippen LogP) is 2.56. The number of carbonyl (C=O) groups excluding carboxylic acids is 1. The summed E-state index contributed by atoms with van der Waals surface area (Å²) in [7, 11) is 0.